The third-order valence-corrected chi connectivity index (χ3v) is 2.98. The maximum atomic E-state index is 10.8. The first-order chi connectivity index (χ1) is 8.06. The van der Waals surface area contributed by atoms with Gasteiger partial charge in [-0.3, -0.25) is 10.1 Å². The Morgan fingerprint density at radius 1 is 1.41 bits per heavy atom. The van der Waals surface area contributed by atoms with E-state index >= 15 is 0 Å². The van der Waals surface area contributed by atoms with Crippen LogP contribution in [0.3, 0.4) is 0 Å². The van der Waals surface area contributed by atoms with Crippen LogP contribution in [0, 0.1) is 17.0 Å². The minimum Gasteiger partial charge on any atom is -0.393 e. The van der Waals surface area contributed by atoms with E-state index in [2.05, 4.69) is 0 Å². The van der Waals surface area contributed by atoms with Gasteiger partial charge in [0, 0.05) is 11.6 Å². The van der Waals surface area contributed by atoms with Crippen molar-refractivity contribution in [3.63, 3.8) is 0 Å². The molecule has 0 spiro atoms. The number of hydrogen-bond donors (Lipinski definition) is 1. The predicted molar refractivity (Wildman–Crippen MR) is 67.1 cm³/mol. The standard InChI is InChI=1S/C13H19NO3/c1-3-5-12(15)9-8-11-6-4-7-13(10(11)2)14(16)17/h4,6-7,12,15H,3,5,8-9H2,1-2H3. The Labute approximate surface area is 101 Å². The second-order valence-electron chi connectivity index (χ2n) is 4.30. The normalized spacial score (nSPS) is 12.4. The van der Waals surface area contributed by atoms with E-state index in [9.17, 15) is 15.2 Å². The number of benzene rings is 1. The van der Waals surface area contributed by atoms with Crippen LogP contribution in [0.1, 0.15) is 37.3 Å². The lowest BCUT2D eigenvalue weighted by atomic mass is 9.99. The molecule has 0 aliphatic heterocycles. The minimum absolute atomic E-state index is 0.160. The molecule has 0 bridgehead atoms. The summed E-state index contributed by atoms with van der Waals surface area (Å²) in [6.45, 7) is 3.79. The third kappa shape index (κ3) is 3.82. The van der Waals surface area contributed by atoms with Crippen molar-refractivity contribution in [1.82, 2.24) is 0 Å². The van der Waals surface area contributed by atoms with Crippen molar-refractivity contribution < 1.29 is 10.0 Å². The van der Waals surface area contributed by atoms with Gasteiger partial charge in [0.2, 0.25) is 0 Å². The highest BCUT2D eigenvalue weighted by Crippen LogP contribution is 2.22. The fraction of sp³-hybridized carbons (Fsp3) is 0.538. The molecule has 1 aromatic rings. The van der Waals surface area contributed by atoms with Crippen molar-refractivity contribution in [2.75, 3.05) is 0 Å². The zero-order valence-corrected chi connectivity index (χ0v) is 10.3. The molecule has 0 aliphatic carbocycles. The van der Waals surface area contributed by atoms with Crippen molar-refractivity contribution in [3.05, 3.63) is 39.4 Å². The van der Waals surface area contributed by atoms with Gasteiger partial charge in [-0.1, -0.05) is 25.5 Å². The maximum Gasteiger partial charge on any atom is 0.272 e. The summed E-state index contributed by atoms with van der Waals surface area (Å²) in [4.78, 5) is 10.4. The summed E-state index contributed by atoms with van der Waals surface area (Å²) in [5.74, 6) is 0. The quantitative estimate of drug-likeness (QED) is 0.611. The summed E-state index contributed by atoms with van der Waals surface area (Å²) >= 11 is 0. The van der Waals surface area contributed by atoms with Crippen LogP contribution < -0.4 is 0 Å². The Morgan fingerprint density at radius 3 is 2.71 bits per heavy atom. The molecular weight excluding hydrogens is 218 g/mol. The van der Waals surface area contributed by atoms with Gasteiger partial charge in [-0.15, -0.1) is 0 Å². The van der Waals surface area contributed by atoms with Crippen molar-refractivity contribution in [1.29, 1.82) is 0 Å². The van der Waals surface area contributed by atoms with Crippen molar-refractivity contribution in [2.24, 2.45) is 0 Å². The van der Waals surface area contributed by atoms with E-state index in [1.807, 2.05) is 13.0 Å². The van der Waals surface area contributed by atoms with Crippen LogP contribution in [0.2, 0.25) is 0 Å². The molecule has 0 saturated carbocycles. The summed E-state index contributed by atoms with van der Waals surface area (Å²) in [6.07, 6.45) is 2.78. The Balaban J connectivity index is 2.72. The lowest BCUT2D eigenvalue weighted by Gasteiger charge is -2.10. The zero-order valence-electron chi connectivity index (χ0n) is 10.3. The van der Waals surface area contributed by atoms with Crippen LogP contribution in [-0.4, -0.2) is 16.1 Å². The number of aliphatic hydroxyl groups is 1. The monoisotopic (exact) mass is 237 g/mol. The van der Waals surface area contributed by atoms with Gasteiger partial charge in [-0.2, -0.15) is 0 Å². The van der Waals surface area contributed by atoms with Gasteiger partial charge in [0.15, 0.2) is 0 Å². The Hall–Kier alpha value is -1.42. The van der Waals surface area contributed by atoms with Crippen LogP contribution >= 0.6 is 0 Å². The van der Waals surface area contributed by atoms with E-state index in [1.54, 1.807) is 13.0 Å². The molecule has 0 fully saturated rings. The molecule has 1 atom stereocenters. The number of aryl methyl sites for hydroxylation is 1. The van der Waals surface area contributed by atoms with Gasteiger partial charge in [0.1, 0.15) is 0 Å². The predicted octanol–water partition coefficient (Wildman–Crippen LogP) is 3.00. The molecule has 0 aromatic heterocycles. The van der Waals surface area contributed by atoms with Gasteiger partial charge < -0.3 is 5.11 Å². The number of rotatable bonds is 6. The lowest BCUT2D eigenvalue weighted by molar-refractivity contribution is -0.385. The van der Waals surface area contributed by atoms with E-state index in [-0.39, 0.29) is 16.7 Å². The topological polar surface area (TPSA) is 63.4 Å². The maximum absolute atomic E-state index is 10.8. The molecule has 4 nitrogen and oxygen atoms in total. The summed E-state index contributed by atoms with van der Waals surface area (Å²) in [6, 6.07) is 5.11. The van der Waals surface area contributed by atoms with E-state index in [1.165, 1.54) is 6.07 Å². The van der Waals surface area contributed by atoms with E-state index in [0.717, 1.165) is 18.4 Å². The Morgan fingerprint density at radius 2 is 2.12 bits per heavy atom. The smallest absolute Gasteiger partial charge is 0.272 e. The molecule has 1 aromatic carbocycles. The Kier molecular flexibility index (Phi) is 5.10. The molecule has 1 unspecified atom stereocenters. The van der Waals surface area contributed by atoms with Gasteiger partial charge in [-0.25, -0.2) is 0 Å². The highest BCUT2D eigenvalue weighted by Gasteiger charge is 2.13. The fourth-order valence-corrected chi connectivity index (χ4v) is 1.94. The molecule has 0 aliphatic rings. The van der Waals surface area contributed by atoms with Crippen molar-refractivity contribution >= 4 is 5.69 Å². The van der Waals surface area contributed by atoms with Gasteiger partial charge >= 0.3 is 0 Å². The minimum atomic E-state index is -0.360. The average Bonchev–Trinajstić information content (AvgIpc) is 2.27. The summed E-state index contributed by atoms with van der Waals surface area (Å²) in [5.41, 5.74) is 1.82. The van der Waals surface area contributed by atoms with E-state index < -0.39 is 0 Å². The number of nitro groups is 1. The molecule has 4 heteroatoms. The highest BCUT2D eigenvalue weighted by atomic mass is 16.6. The number of nitrogens with zero attached hydrogens (tertiary/aromatic N) is 1. The van der Waals surface area contributed by atoms with Crippen LogP contribution in [0.15, 0.2) is 18.2 Å². The molecule has 1 N–H and O–H groups in total. The van der Waals surface area contributed by atoms with Crippen LogP contribution in [0.4, 0.5) is 5.69 Å². The van der Waals surface area contributed by atoms with E-state index in [4.69, 9.17) is 0 Å². The molecule has 1 rings (SSSR count). The van der Waals surface area contributed by atoms with Crippen LogP contribution in [0.25, 0.3) is 0 Å². The third-order valence-electron chi connectivity index (χ3n) is 2.98. The van der Waals surface area contributed by atoms with Gasteiger partial charge in [-0.05, 0) is 31.7 Å². The molecule has 0 heterocycles. The zero-order chi connectivity index (χ0) is 12.8. The first-order valence-corrected chi connectivity index (χ1v) is 5.97. The second kappa shape index (κ2) is 6.35. The largest absolute Gasteiger partial charge is 0.393 e. The fourth-order valence-electron chi connectivity index (χ4n) is 1.94. The first kappa shape index (κ1) is 13.6. The van der Waals surface area contributed by atoms with E-state index in [0.29, 0.717) is 18.4 Å². The SMILES string of the molecule is CCCC(O)CCc1cccc([N+](=O)[O-])c1C. The molecule has 17 heavy (non-hydrogen) atoms. The molecule has 0 radical (unpaired) electrons. The summed E-state index contributed by atoms with van der Waals surface area (Å²) < 4.78 is 0. The number of hydrogen-bond acceptors (Lipinski definition) is 3. The highest BCUT2D eigenvalue weighted by molar-refractivity contribution is 5.44. The summed E-state index contributed by atoms with van der Waals surface area (Å²) in [5, 5.41) is 20.4. The van der Waals surface area contributed by atoms with Crippen molar-refractivity contribution in [2.45, 2.75) is 45.6 Å². The molecular formula is C13H19NO3. The summed E-state index contributed by atoms with van der Waals surface area (Å²) in [7, 11) is 0. The first-order valence-electron chi connectivity index (χ1n) is 5.97. The Bertz CT molecular complexity index is 390. The molecule has 0 saturated heterocycles. The average molecular weight is 237 g/mol. The van der Waals surface area contributed by atoms with Crippen molar-refractivity contribution in [3.8, 4) is 0 Å². The van der Waals surface area contributed by atoms with Gasteiger partial charge in [0.25, 0.3) is 5.69 Å². The van der Waals surface area contributed by atoms with Crippen LogP contribution in [0.5, 0.6) is 0 Å². The number of aliphatic hydroxyl groups excluding tert-OH is 1. The molecule has 94 valence electrons. The van der Waals surface area contributed by atoms with Gasteiger partial charge in [0.05, 0.1) is 11.0 Å². The second-order valence-corrected chi connectivity index (χ2v) is 4.30. The number of nitro benzene ring substituents is 1. The molecule has 0 amide bonds. The lowest BCUT2D eigenvalue weighted by Crippen LogP contribution is -2.08. The van der Waals surface area contributed by atoms with Crippen LogP contribution in [-0.2, 0) is 6.42 Å².